The van der Waals surface area contributed by atoms with Crippen LogP contribution in [0.4, 0.5) is 5.69 Å². The van der Waals surface area contributed by atoms with Crippen molar-refractivity contribution in [3.8, 4) is 0 Å². The number of hydrogen-bond acceptors (Lipinski definition) is 2. The van der Waals surface area contributed by atoms with Crippen molar-refractivity contribution in [2.75, 3.05) is 5.32 Å². The molecule has 0 bridgehead atoms. The number of carbonyl (C=O) groups excluding carboxylic acids is 1. The van der Waals surface area contributed by atoms with Gasteiger partial charge >= 0.3 is 0 Å². The molecule has 0 aliphatic heterocycles. The summed E-state index contributed by atoms with van der Waals surface area (Å²) in [4.78, 5) is 13.7. The van der Waals surface area contributed by atoms with Crippen molar-refractivity contribution in [3.63, 3.8) is 0 Å². The molecule has 0 radical (unpaired) electrons. The summed E-state index contributed by atoms with van der Waals surface area (Å²) in [6.45, 7) is 4.21. The van der Waals surface area contributed by atoms with Crippen LogP contribution in [0, 0.1) is 13.8 Å². The Hall–Kier alpha value is -3.59. The number of anilines is 1. The summed E-state index contributed by atoms with van der Waals surface area (Å²) in [5.41, 5.74) is 8.38. The van der Waals surface area contributed by atoms with E-state index in [0.717, 1.165) is 55.4 Å². The summed E-state index contributed by atoms with van der Waals surface area (Å²) in [5.74, 6) is 0.0255. The van der Waals surface area contributed by atoms with Gasteiger partial charge in [0, 0.05) is 27.2 Å². The first kappa shape index (κ1) is 23.8. The lowest BCUT2D eigenvalue weighted by Crippen LogP contribution is -2.19. The second-order valence-corrected chi connectivity index (χ2v) is 10.6. The van der Waals surface area contributed by atoms with E-state index in [-0.39, 0.29) is 11.7 Å². The average Bonchev–Trinajstić information content (AvgIpc) is 3.16. The van der Waals surface area contributed by atoms with Crippen LogP contribution in [0.5, 0.6) is 0 Å². The molecule has 1 unspecified atom stereocenters. The number of ketones is 1. The molecule has 182 valence electrons. The van der Waals surface area contributed by atoms with Crippen molar-refractivity contribution in [3.05, 3.63) is 146 Å². The molecule has 5 aromatic rings. The maximum absolute atomic E-state index is 13.7. The fourth-order valence-corrected chi connectivity index (χ4v) is 5.94. The quantitative estimate of drug-likeness (QED) is 0.233. The van der Waals surface area contributed by atoms with Crippen LogP contribution in [0.25, 0.3) is 10.8 Å². The molecular weight excluding hydrogens is 497 g/mol. The molecular formula is C33H25Cl2NO. The lowest BCUT2D eigenvalue weighted by Gasteiger charge is -2.27. The minimum Gasteiger partial charge on any atom is -0.371 e. The lowest BCUT2D eigenvalue weighted by atomic mass is 9.82. The fraction of sp³-hybridized carbons (Fsp3) is 0.121. The SMILES string of the molecule is Cc1cc(C)c(NC2C(=O)c3cccc4cccc2c34)c(C(c2ccc(Cl)cc2)c2ccc(Cl)cc2)c1. The minimum absolute atomic E-state index is 0.0784. The van der Waals surface area contributed by atoms with Crippen LogP contribution in [0.15, 0.2) is 97.1 Å². The van der Waals surface area contributed by atoms with Gasteiger partial charge in [0.15, 0.2) is 5.78 Å². The van der Waals surface area contributed by atoms with Crippen molar-refractivity contribution in [1.82, 2.24) is 0 Å². The molecule has 6 rings (SSSR count). The molecule has 1 N–H and O–H groups in total. The van der Waals surface area contributed by atoms with Crippen molar-refractivity contribution in [2.24, 2.45) is 0 Å². The zero-order valence-corrected chi connectivity index (χ0v) is 22.1. The van der Waals surface area contributed by atoms with Crippen LogP contribution in [0.3, 0.4) is 0 Å². The number of nitrogens with one attached hydrogen (secondary N) is 1. The molecule has 4 heteroatoms. The Kier molecular flexibility index (Phi) is 6.03. The Morgan fingerprint density at radius 3 is 1.97 bits per heavy atom. The summed E-state index contributed by atoms with van der Waals surface area (Å²) >= 11 is 12.5. The largest absolute Gasteiger partial charge is 0.371 e. The second-order valence-electron chi connectivity index (χ2n) is 9.77. The van der Waals surface area contributed by atoms with Crippen LogP contribution >= 0.6 is 23.2 Å². The lowest BCUT2D eigenvalue weighted by molar-refractivity contribution is 0.0977. The zero-order valence-electron chi connectivity index (χ0n) is 20.6. The molecule has 0 heterocycles. The highest BCUT2D eigenvalue weighted by atomic mass is 35.5. The molecule has 5 aromatic carbocycles. The van der Waals surface area contributed by atoms with Gasteiger partial charge in [0.1, 0.15) is 6.04 Å². The Morgan fingerprint density at radius 2 is 1.35 bits per heavy atom. The Balaban J connectivity index is 1.52. The van der Waals surface area contributed by atoms with Crippen LogP contribution in [0.1, 0.15) is 55.7 Å². The zero-order chi connectivity index (χ0) is 25.7. The van der Waals surface area contributed by atoms with Gasteiger partial charge in [0.05, 0.1) is 0 Å². The van der Waals surface area contributed by atoms with Gasteiger partial charge in [-0.25, -0.2) is 0 Å². The van der Waals surface area contributed by atoms with E-state index in [1.54, 1.807) is 0 Å². The van der Waals surface area contributed by atoms with Gasteiger partial charge in [0.25, 0.3) is 0 Å². The molecule has 0 amide bonds. The summed E-state index contributed by atoms with van der Waals surface area (Å²) in [6.07, 6.45) is 0. The van der Waals surface area contributed by atoms with Crippen LogP contribution < -0.4 is 5.32 Å². The number of rotatable bonds is 5. The third-order valence-electron chi connectivity index (χ3n) is 7.29. The van der Waals surface area contributed by atoms with E-state index in [2.05, 4.69) is 73.8 Å². The predicted molar refractivity (Wildman–Crippen MR) is 154 cm³/mol. The van der Waals surface area contributed by atoms with Crippen molar-refractivity contribution in [1.29, 1.82) is 0 Å². The van der Waals surface area contributed by atoms with Crippen molar-refractivity contribution < 1.29 is 4.79 Å². The molecule has 1 aliphatic carbocycles. The molecule has 0 spiro atoms. The predicted octanol–water partition coefficient (Wildman–Crippen LogP) is 9.29. The van der Waals surface area contributed by atoms with Crippen LogP contribution in [-0.2, 0) is 0 Å². The topological polar surface area (TPSA) is 29.1 Å². The molecule has 2 nitrogen and oxygen atoms in total. The molecule has 37 heavy (non-hydrogen) atoms. The number of hydrogen-bond donors (Lipinski definition) is 1. The molecule has 0 saturated carbocycles. The van der Waals surface area contributed by atoms with Crippen LogP contribution in [-0.4, -0.2) is 5.78 Å². The van der Waals surface area contributed by atoms with Gasteiger partial charge in [-0.15, -0.1) is 0 Å². The minimum atomic E-state index is -0.447. The Labute approximate surface area is 226 Å². The summed E-state index contributed by atoms with van der Waals surface area (Å²) < 4.78 is 0. The first-order chi connectivity index (χ1) is 17.9. The number of halogens is 2. The van der Waals surface area contributed by atoms with E-state index < -0.39 is 6.04 Å². The molecule has 0 fully saturated rings. The van der Waals surface area contributed by atoms with Crippen LogP contribution in [0.2, 0.25) is 10.0 Å². The Morgan fingerprint density at radius 1 is 0.757 bits per heavy atom. The number of aryl methyl sites for hydroxylation is 2. The second kappa shape index (κ2) is 9.37. The molecule has 1 atom stereocenters. The molecule has 1 aliphatic rings. The smallest absolute Gasteiger partial charge is 0.190 e. The first-order valence-corrected chi connectivity index (χ1v) is 13.1. The standard InChI is InChI=1S/C33H25Cl2NO/c1-19-17-20(2)31(36-32-26-7-3-5-21-6-4-8-27(30(21)26)33(32)37)28(18-19)29(22-9-13-24(34)14-10-22)23-11-15-25(35)16-12-23/h3-18,29,32,36H,1-2H3. The maximum Gasteiger partial charge on any atom is 0.190 e. The van der Waals surface area contributed by atoms with Gasteiger partial charge in [-0.3, -0.25) is 4.79 Å². The molecule has 0 aromatic heterocycles. The average molecular weight is 522 g/mol. The number of Topliss-reactive ketones (excluding diaryl/α,β-unsaturated/α-hetero) is 1. The maximum atomic E-state index is 13.7. The summed E-state index contributed by atoms with van der Waals surface area (Å²) in [6, 6.07) is 32.0. The highest BCUT2D eigenvalue weighted by molar-refractivity contribution is 6.30. The first-order valence-electron chi connectivity index (χ1n) is 12.3. The van der Waals surface area contributed by atoms with E-state index in [0.29, 0.717) is 10.0 Å². The summed E-state index contributed by atoms with van der Waals surface area (Å²) in [5, 5.41) is 7.23. The van der Waals surface area contributed by atoms with Gasteiger partial charge < -0.3 is 5.32 Å². The number of carbonyl (C=O) groups is 1. The van der Waals surface area contributed by atoms with E-state index in [9.17, 15) is 4.79 Å². The van der Waals surface area contributed by atoms with E-state index in [4.69, 9.17) is 23.2 Å². The third-order valence-corrected chi connectivity index (χ3v) is 7.80. The normalized spacial score (nSPS) is 14.5. The Bertz CT molecular complexity index is 1600. The highest BCUT2D eigenvalue weighted by Crippen LogP contribution is 2.43. The van der Waals surface area contributed by atoms with E-state index in [1.807, 2.05) is 42.5 Å². The van der Waals surface area contributed by atoms with E-state index >= 15 is 0 Å². The van der Waals surface area contributed by atoms with Crippen molar-refractivity contribution in [2.45, 2.75) is 25.8 Å². The monoisotopic (exact) mass is 521 g/mol. The van der Waals surface area contributed by atoms with Crippen molar-refractivity contribution >= 4 is 45.4 Å². The van der Waals surface area contributed by atoms with Gasteiger partial charge in [-0.1, -0.05) is 102 Å². The number of benzene rings is 5. The third kappa shape index (κ3) is 4.21. The van der Waals surface area contributed by atoms with E-state index in [1.165, 1.54) is 0 Å². The summed E-state index contributed by atoms with van der Waals surface area (Å²) in [7, 11) is 0. The highest BCUT2D eigenvalue weighted by Gasteiger charge is 2.34. The van der Waals surface area contributed by atoms with Gasteiger partial charge in [-0.05, 0) is 76.7 Å². The fourth-order valence-electron chi connectivity index (χ4n) is 5.69. The van der Waals surface area contributed by atoms with Gasteiger partial charge in [-0.2, -0.15) is 0 Å². The van der Waals surface area contributed by atoms with Gasteiger partial charge in [0.2, 0.25) is 0 Å². The molecule has 0 saturated heterocycles.